The quantitative estimate of drug-likeness (QED) is 0.545. The number of fused-ring (bicyclic) bond motifs is 2. The minimum Gasteiger partial charge on any atom is -0.454 e. The van der Waals surface area contributed by atoms with Crippen LogP contribution in [0.2, 0.25) is 0 Å². The number of nitrogens with zero attached hydrogens (tertiary/aromatic N) is 2. The molecule has 2 aromatic heterocycles. The van der Waals surface area contributed by atoms with Crippen molar-refractivity contribution in [3.8, 4) is 11.5 Å². The Balaban J connectivity index is 1.57. The number of thioether (sulfide) groups is 1. The van der Waals surface area contributed by atoms with Crippen LogP contribution in [-0.4, -0.2) is 16.8 Å². The normalized spacial score (nSPS) is 13.0. The van der Waals surface area contributed by atoms with E-state index in [-0.39, 0.29) is 0 Å². The van der Waals surface area contributed by atoms with Crippen molar-refractivity contribution in [1.82, 2.24) is 9.97 Å². The molecule has 4 rings (SSSR count). The molecule has 1 aromatic carbocycles. The largest absolute Gasteiger partial charge is 0.454 e. The molecule has 4 nitrogen and oxygen atoms in total. The second-order valence-electron chi connectivity index (χ2n) is 4.29. The van der Waals surface area contributed by atoms with Crippen LogP contribution in [0.15, 0.2) is 41.0 Å². The van der Waals surface area contributed by atoms with Crippen LogP contribution in [0, 0.1) is 0 Å². The second kappa shape index (κ2) is 4.96. The SMILES string of the molecule is c1nc(SCc2ccc3c(c2)OCO3)c2ccsc2n1. The predicted molar refractivity (Wildman–Crippen MR) is 79.5 cm³/mol. The number of benzene rings is 1. The first-order chi connectivity index (χ1) is 9.90. The number of thiophene rings is 1. The van der Waals surface area contributed by atoms with E-state index in [1.165, 1.54) is 5.56 Å². The van der Waals surface area contributed by atoms with Crippen molar-refractivity contribution in [1.29, 1.82) is 0 Å². The molecule has 0 spiro atoms. The molecule has 100 valence electrons. The number of ether oxygens (including phenoxy) is 2. The maximum absolute atomic E-state index is 5.39. The second-order valence-corrected chi connectivity index (χ2v) is 6.15. The lowest BCUT2D eigenvalue weighted by atomic mass is 10.2. The zero-order chi connectivity index (χ0) is 13.4. The van der Waals surface area contributed by atoms with E-state index in [1.54, 1.807) is 29.4 Å². The Bertz CT molecular complexity index is 773. The fourth-order valence-corrected chi connectivity index (χ4v) is 3.79. The van der Waals surface area contributed by atoms with Gasteiger partial charge in [-0.25, -0.2) is 9.97 Å². The fourth-order valence-electron chi connectivity index (χ4n) is 2.06. The standard InChI is InChI=1S/C14H10N2O2S2/c1-2-11-12(18-8-17-11)5-9(1)6-20-14-10-3-4-19-13(10)15-7-16-14/h1-5,7H,6,8H2. The highest BCUT2D eigenvalue weighted by atomic mass is 32.2. The highest BCUT2D eigenvalue weighted by Crippen LogP contribution is 2.35. The van der Waals surface area contributed by atoms with Gasteiger partial charge in [0.25, 0.3) is 0 Å². The maximum Gasteiger partial charge on any atom is 0.231 e. The lowest BCUT2D eigenvalue weighted by molar-refractivity contribution is 0.174. The lowest BCUT2D eigenvalue weighted by Crippen LogP contribution is -1.92. The lowest BCUT2D eigenvalue weighted by Gasteiger charge is -2.03. The molecule has 0 unspecified atom stereocenters. The summed E-state index contributed by atoms with van der Waals surface area (Å²) in [6.07, 6.45) is 1.63. The van der Waals surface area contributed by atoms with Crippen LogP contribution in [0.25, 0.3) is 10.2 Å². The summed E-state index contributed by atoms with van der Waals surface area (Å²) in [7, 11) is 0. The van der Waals surface area contributed by atoms with Crippen LogP contribution in [0.4, 0.5) is 0 Å². The average Bonchev–Trinajstić information content (AvgIpc) is 3.13. The molecule has 0 fully saturated rings. The molecule has 1 aliphatic heterocycles. The van der Waals surface area contributed by atoms with Crippen LogP contribution < -0.4 is 9.47 Å². The summed E-state index contributed by atoms with van der Waals surface area (Å²) in [5.41, 5.74) is 1.20. The van der Waals surface area contributed by atoms with Crippen LogP contribution >= 0.6 is 23.1 Å². The van der Waals surface area contributed by atoms with Crippen LogP contribution in [0.3, 0.4) is 0 Å². The highest BCUT2D eigenvalue weighted by Gasteiger charge is 2.13. The Morgan fingerprint density at radius 3 is 3.10 bits per heavy atom. The molecule has 0 amide bonds. The highest BCUT2D eigenvalue weighted by molar-refractivity contribution is 7.98. The van der Waals surface area contributed by atoms with E-state index in [0.29, 0.717) is 6.79 Å². The number of hydrogen-bond acceptors (Lipinski definition) is 6. The molecule has 0 bridgehead atoms. The third-order valence-electron chi connectivity index (χ3n) is 3.04. The number of aromatic nitrogens is 2. The number of hydrogen-bond donors (Lipinski definition) is 0. The van der Waals surface area contributed by atoms with Crippen LogP contribution in [0.1, 0.15) is 5.56 Å². The molecule has 6 heteroatoms. The van der Waals surface area contributed by atoms with Gasteiger partial charge in [-0.15, -0.1) is 23.1 Å². The zero-order valence-electron chi connectivity index (χ0n) is 10.4. The Labute approximate surface area is 123 Å². The first-order valence-electron chi connectivity index (χ1n) is 6.10. The van der Waals surface area contributed by atoms with Gasteiger partial charge in [0.1, 0.15) is 16.2 Å². The molecular weight excluding hydrogens is 292 g/mol. The Morgan fingerprint density at radius 1 is 1.15 bits per heavy atom. The Morgan fingerprint density at radius 2 is 2.10 bits per heavy atom. The first-order valence-corrected chi connectivity index (χ1v) is 7.96. The smallest absolute Gasteiger partial charge is 0.231 e. The number of rotatable bonds is 3. The maximum atomic E-state index is 5.39. The first kappa shape index (κ1) is 12.0. The molecular formula is C14H10N2O2S2. The van der Waals surface area contributed by atoms with Crippen molar-refractivity contribution in [3.05, 3.63) is 41.5 Å². The van der Waals surface area contributed by atoms with Gasteiger partial charge in [0, 0.05) is 11.1 Å². The van der Waals surface area contributed by atoms with Gasteiger partial charge in [0.2, 0.25) is 6.79 Å². The molecule has 3 heterocycles. The van der Waals surface area contributed by atoms with Gasteiger partial charge < -0.3 is 9.47 Å². The Kier molecular flexibility index (Phi) is 2.97. The van der Waals surface area contributed by atoms with Gasteiger partial charge >= 0.3 is 0 Å². The average molecular weight is 302 g/mol. The van der Waals surface area contributed by atoms with E-state index in [0.717, 1.165) is 32.5 Å². The zero-order valence-corrected chi connectivity index (χ0v) is 12.0. The summed E-state index contributed by atoms with van der Waals surface area (Å²) in [5, 5.41) is 4.20. The van der Waals surface area contributed by atoms with Gasteiger partial charge in [-0.3, -0.25) is 0 Å². The van der Waals surface area contributed by atoms with Gasteiger partial charge in [-0.1, -0.05) is 6.07 Å². The van der Waals surface area contributed by atoms with Gasteiger partial charge in [-0.05, 0) is 29.1 Å². The summed E-state index contributed by atoms with van der Waals surface area (Å²) >= 11 is 3.35. The molecule has 1 aliphatic rings. The molecule has 0 aliphatic carbocycles. The molecule has 0 saturated heterocycles. The van der Waals surface area contributed by atoms with Gasteiger partial charge in [-0.2, -0.15) is 0 Å². The van der Waals surface area contributed by atoms with E-state index in [2.05, 4.69) is 22.1 Å². The van der Waals surface area contributed by atoms with E-state index in [4.69, 9.17) is 9.47 Å². The van der Waals surface area contributed by atoms with Crippen molar-refractivity contribution >= 4 is 33.3 Å². The summed E-state index contributed by atoms with van der Waals surface area (Å²) in [4.78, 5) is 9.67. The van der Waals surface area contributed by atoms with Crippen molar-refractivity contribution < 1.29 is 9.47 Å². The predicted octanol–water partition coefficient (Wildman–Crippen LogP) is 3.71. The van der Waals surface area contributed by atoms with Crippen LogP contribution in [-0.2, 0) is 5.75 Å². The molecule has 0 atom stereocenters. The van der Waals surface area contributed by atoms with Crippen LogP contribution in [0.5, 0.6) is 11.5 Å². The minimum absolute atomic E-state index is 0.313. The van der Waals surface area contributed by atoms with Crippen molar-refractivity contribution in [3.63, 3.8) is 0 Å². The van der Waals surface area contributed by atoms with E-state index in [1.807, 2.05) is 17.5 Å². The van der Waals surface area contributed by atoms with Crippen molar-refractivity contribution in [2.24, 2.45) is 0 Å². The third kappa shape index (κ3) is 2.10. The van der Waals surface area contributed by atoms with E-state index >= 15 is 0 Å². The Hall–Kier alpha value is -1.79. The summed E-state index contributed by atoms with van der Waals surface area (Å²) < 4.78 is 10.7. The van der Waals surface area contributed by atoms with Crippen molar-refractivity contribution in [2.75, 3.05) is 6.79 Å². The molecule has 20 heavy (non-hydrogen) atoms. The van der Waals surface area contributed by atoms with Gasteiger partial charge in [0.15, 0.2) is 11.5 Å². The molecule has 3 aromatic rings. The fraction of sp³-hybridized carbons (Fsp3) is 0.143. The third-order valence-corrected chi connectivity index (χ3v) is 4.93. The monoisotopic (exact) mass is 302 g/mol. The molecule has 0 saturated carbocycles. The minimum atomic E-state index is 0.313. The molecule has 0 radical (unpaired) electrons. The summed E-state index contributed by atoms with van der Waals surface area (Å²) in [6, 6.07) is 8.12. The molecule has 0 N–H and O–H groups in total. The van der Waals surface area contributed by atoms with Gasteiger partial charge in [0.05, 0.1) is 0 Å². The summed E-state index contributed by atoms with van der Waals surface area (Å²) in [5.74, 6) is 2.49. The van der Waals surface area contributed by atoms with Crippen molar-refractivity contribution in [2.45, 2.75) is 10.8 Å². The topological polar surface area (TPSA) is 44.2 Å². The summed E-state index contributed by atoms with van der Waals surface area (Å²) in [6.45, 7) is 0.313. The van der Waals surface area contributed by atoms with E-state index < -0.39 is 0 Å². The van der Waals surface area contributed by atoms with E-state index in [9.17, 15) is 0 Å².